The molecule has 20 nitrogen and oxygen atoms in total. The number of allylic oxidation sites excluding steroid dienone is 2. The summed E-state index contributed by atoms with van der Waals surface area (Å²) in [5, 5.41) is 18.3. The third kappa shape index (κ3) is 16.1. The SMILES string of the molecule is C[C@@H](NC(=O)c1cccc(NC2(c3nnc(-c4ccncc4)[nH]3)CCN(C)CC2)c1)c1cccc(OCCCCCCOCCOCCOCCCC(=O)N2CCN(c3cc4c(cc3F)C(=O)C=C(CC3CCC(=O)NC3=O)C4=O)CC2)c1. The lowest BCUT2D eigenvalue weighted by atomic mass is 9.82. The van der Waals surface area contributed by atoms with Gasteiger partial charge in [0.05, 0.1) is 50.3 Å². The van der Waals surface area contributed by atoms with E-state index in [1.807, 2.05) is 67.6 Å². The summed E-state index contributed by atoms with van der Waals surface area (Å²) in [6.45, 7) is 8.58. The summed E-state index contributed by atoms with van der Waals surface area (Å²) in [4.78, 5) is 90.3. The molecule has 4 aliphatic rings. The highest BCUT2D eigenvalue weighted by molar-refractivity contribution is 6.25. The van der Waals surface area contributed by atoms with Gasteiger partial charge in [0.15, 0.2) is 23.2 Å². The molecule has 440 valence electrons. The van der Waals surface area contributed by atoms with Gasteiger partial charge in [-0.25, -0.2) is 4.39 Å². The van der Waals surface area contributed by atoms with E-state index in [0.29, 0.717) is 96.7 Å². The van der Waals surface area contributed by atoms with Crippen molar-refractivity contribution in [2.45, 2.75) is 89.1 Å². The molecule has 2 atom stereocenters. The number of rotatable bonds is 28. The number of piperidine rings is 2. The van der Waals surface area contributed by atoms with Gasteiger partial charge < -0.3 is 49.3 Å². The van der Waals surface area contributed by atoms with Crippen LogP contribution in [0.25, 0.3) is 11.4 Å². The lowest BCUT2D eigenvalue weighted by Crippen LogP contribution is -2.49. The number of anilines is 2. The number of piperazine rings is 1. The number of halogens is 1. The number of nitrogens with one attached hydrogen (secondary N) is 4. The molecule has 0 radical (unpaired) electrons. The van der Waals surface area contributed by atoms with Crippen molar-refractivity contribution in [1.29, 1.82) is 0 Å². The summed E-state index contributed by atoms with van der Waals surface area (Å²) in [6, 6.07) is 21.5. The number of hydrogen-bond donors (Lipinski definition) is 4. The van der Waals surface area contributed by atoms with Crippen molar-refractivity contribution >= 4 is 46.6 Å². The topological polar surface area (TPSA) is 240 Å². The summed E-state index contributed by atoms with van der Waals surface area (Å²) >= 11 is 0. The number of imide groups is 1. The molecule has 0 bridgehead atoms. The minimum Gasteiger partial charge on any atom is -0.494 e. The molecule has 1 aliphatic carbocycles. The molecule has 9 rings (SSSR count). The van der Waals surface area contributed by atoms with E-state index in [2.05, 4.69) is 48.1 Å². The molecule has 83 heavy (non-hydrogen) atoms. The van der Waals surface area contributed by atoms with E-state index >= 15 is 4.39 Å². The van der Waals surface area contributed by atoms with Gasteiger partial charge in [0.2, 0.25) is 17.7 Å². The normalized spacial score (nSPS) is 17.6. The number of ketones is 2. The van der Waals surface area contributed by atoms with Crippen LogP contribution in [0.5, 0.6) is 5.75 Å². The summed E-state index contributed by atoms with van der Waals surface area (Å²) in [7, 11) is 2.12. The number of nitrogens with zero attached hydrogens (tertiary/aromatic N) is 6. The van der Waals surface area contributed by atoms with Crippen LogP contribution in [0.15, 0.2) is 96.8 Å². The number of likely N-dealkylation sites (tertiary alicyclic amines) is 1. The Labute approximate surface area is 483 Å². The van der Waals surface area contributed by atoms with Gasteiger partial charge in [-0.3, -0.25) is 39.1 Å². The van der Waals surface area contributed by atoms with Crippen LogP contribution in [0, 0.1) is 11.7 Å². The number of aromatic amines is 1. The molecule has 2 aromatic heterocycles. The van der Waals surface area contributed by atoms with E-state index < -0.39 is 34.7 Å². The number of hydrogen-bond acceptors (Lipinski definition) is 16. The Bertz CT molecular complexity index is 3100. The first kappa shape index (κ1) is 59.9. The zero-order chi connectivity index (χ0) is 58.1. The van der Waals surface area contributed by atoms with Crippen molar-refractivity contribution in [1.82, 2.24) is 40.6 Å². The number of fused-ring (bicyclic) bond motifs is 1. The van der Waals surface area contributed by atoms with E-state index in [-0.39, 0.29) is 65.4 Å². The molecule has 5 aromatic rings. The van der Waals surface area contributed by atoms with E-state index in [9.17, 15) is 28.8 Å². The van der Waals surface area contributed by atoms with Gasteiger partial charge in [-0.2, -0.15) is 0 Å². The molecule has 1 unspecified atom stereocenters. The van der Waals surface area contributed by atoms with Crippen molar-refractivity contribution in [3.05, 3.63) is 131 Å². The van der Waals surface area contributed by atoms with Crippen LogP contribution in [-0.2, 0) is 34.1 Å². The maximum atomic E-state index is 15.4. The Morgan fingerprint density at radius 2 is 1.49 bits per heavy atom. The number of benzene rings is 3. The molecular weight excluding hydrogens is 1060 g/mol. The average molecular weight is 1140 g/mol. The molecule has 5 heterocycles. The lowest BCUT2D eigenvalue weighted by Gasteiger charge is -2.40. The maximum absolute atomic E-state index is 15.4. The molecule has 3 saturated heterocycles. The van der Waals surface area contributed by atoms with Crippen LogP contribution >= 0.6 is 0 Å². The number of carbonyl (C=O) groups excluding carboxylic acids is 6. The van der Waals surface area contributed by atoms with E-state index in [1.54, 1.807) is 22.2 Å². The summed E-state index contributed by atoms with van der Waals surface area (Å²) in [5.74, 6) is -1.01. The van der Waals surface area contributed by atoms with E-state index in [4.69, 9.17) is 18.9 Å². The van der Waals surface area contributed by atoms with Gasteiger partial charge in [0.1, 0.15) is 11.6 Å². The standard InChI is InChI=1S/C62H75FN10O10/c1-42(65-59(78)45-11-7-12-48(37-45)68-62(19-23-71(2)24-20-62)61-67-58(69-70-61)43-17-21-64-22-18-43)44-10-8-13-49(38-44)83-31-6-4-3-5-29-80-32-34-82-35-33-81-30-9-14-56(76)73-27-25-72(26-28-73)53-41-51-50(40-52(53)63)54(74)39-47(57(51)77)36-46-15-16-55(75)66-60(46)79/h7-8,10-13,17-18,21-22,37-42,46,68H,3-6,9,14-16,19-20,23-36H2,1-2H3,(H,65,78)(H,66,75,79)(H,67,69,70)/t42-,46?/m1/s1. The van der Waals surface area contributed by atoms with Crippen molar-refractivity contribution in [3.8, 4) is 17.1 Å². The highest BCUT2D eigenvalue weighted by atomic mass is 19.1. The lowest BCUT2D eigenvalue weighted by molar-refractivity contribution is -0.136. The predicted octanol–water partition coefficient (Wildman–Crippen LogP) is 7.40. The minimum absolute atomic E-state index is 0.0145. The van der Waals surface area contributed by atoms with Gasteiger partial charge in [-0.15, -0.1) is 10.2 Å². The first-order valence-corrected chi connectivity index (χ1v) is 29.0. The fraction of sp³-hybridized carbons (Fsp3) is 0.468. The zero-order valence-corrected chi connectivity index (χ0v) is 47.4. The molecule has 21 heteroatoms. The van der Waals surface area contributed by atoms with Gasteiger partial charge in [0.25, 0.3) is 5.91 Å². The van der Waals surface area contributed by atoms with Crippen molar-refractivity contribution in [3.63, 3.8) is 0 Å². The van der Waals surface area contributed by atoms with Crippen LogP contribution in [-0.4, -0.2) is 158 Å². The van der Waals surface area contributed by atoms with Crippen molar-refractivity contribution < 1.29 is 52.1 Å². The number of unbranched alkanes of at least 4 members (excludes halogenated alkanes) is 3. The number of carbonyl (C=O) groups is 6. The Hall–Kier alpha value is -7.72. The molecule has 3 aromatic carbocycles. The molecule has 0 spiro atoms. The summed E-state index contributed by atoms with van der Waals surface area (Å²) in [6.07, 6.45) is 11.4. The number of H-pyrrole nitrogens is 1. The predicted molar refractivity (Wildman–Crippen MR) is 308 cm³/mol. The number of aromatic nitrogens is 4. The quantitative estimate of drug-likeness (QED) is 0.0282. The van der Waals surface area contributed by atoms with Gasteiger partial charge in [-0.1, -0.05) is 24.6 Å². The Morgan fingerprint density at radius 3 is 2.24 bits per heavy atom. The average Bonchev–Trinajstić information content (AvgIpc) is 4.21. The monoisotopic (exact) mass is 1140 g/mol. The molecule has 0 saturated carbocycles. The highest BCUT2D eigenvalue weighted by Gasteiger charge is 2.39. The fourth-order valence-electron chi connectivity index (χ4n) is 10.9. The Kier molecular flexibility index (Phi) is 20.9. The number of amides is 4. The second kappa shape index (κ2) is 29.0. The first-order valence-electron chi connectivity index (χ1n) is 29.0. The second-order valence-corrected chi connectivity index (χ2v) is 21.8. The van der Waals surface area contributed by atoms with Crippen LogP contribution in [0.3, 0.4) is 0 Å². The summed E-state index contributed by atoms with van der Waals surface area (Å²) < 4.78 is 38.6. The zero-order valence-electron chi connectivity index (χ0n) is 47.4. The smallest absolute Gasteiger partial charge is 0.251 e. The minimum atomic E-state index is -0.629. The molecule has 4 N–H and O–H groups in total. The molecule has 3 aliphatic heterocycles. The van der Waals surface area contributed by atoms with Crippen LogP contribution in [0.1, 0.15) is 126 Å². The van der Waals surface area contributed by atoms with Crippen LogP contribution in [0.4, 0.5) is 15.8 Å². The molecular formula is C62H75FN10O10. The van der Waals surface area contributed by atoms with E-state index in [0.717, 1.165) is 86.1 Å². The number of pyridine rings is 1. The Morgan fingerprint density at radius 1 is 0.783 bits per heavy atom. The van der Waals surface area contributed by atoms with Crippen LogP contribution in [0.2, 0.25) is 0 Å². The molecule has 3 fully saturated rings. The summed E-state index contributed by atoms with van der Waals surface area (Å²) in [5.41, 5.74) is 3.15. The van der Waals surface area contributed by atoms with Crippen molar-refractivity contribution in [2.24, 2.45) is 5.92 Å². The fourth-order valence-corrected chi connectivity index (χ4v) is 10.9. The number of Topliss-reactive ketones (excluding diaryl/α,β-unsaturated/α-hetero) is 1. The van der Waals surface area contributed by atoms with Gasteiger partial charge in [0, 0.05) is 117 Å². The number of ether oxygens (including phenoxy) is 4. The highest BCUT2D eigenvalue weighted by Crippen LogP contribution is 2.37. The third-order valence-corrected chi connectivity index (χ3v) is 15.8. The maximum Gasteiger partial charge on any atom is 0.251 e. The largest absolute Gasteiger partial charge is 0.494 e. The van der Waals surface area contributed by atoms with E-state index in [1.165, 1.54) is 12.1 Å². The van der Waals surface area contributed by atoms with Gasteiger partial charge in [-0.05, 0) is 132 Å². The van der Waals surface area contributed by atoms with Gasteiger partial charge >= 0.3 is 0 Å². The van der Waals surface area contributed by atoms with Crippen LogP contribution < -0.4 is 25.6 Å². The van der Waals surface area contributed by atoms with Crippen molar-refractivity contribution in [2.75, 3.05) is 103 Å². The Balaban J connectivity index is 0.583. The molecule has 4 amide bonds. The second-order valence-electron chi connectivity index (χ2n) is 21.8. The first-order chi connectivity index (χ1) is 40.3. The third-order valence-electron chi connectivity index (χ3n) is 15.8.